The van der Waals surface area contributed by atoms with Crippen LogP contribution in [0.15, 0.2) is 16.9 Å². The topological polar surface area (TPSA) is 84.3 Å². The lowest BCUT2D eigenvalue weighted by atomic mass is 9.99. The fourth-order valence-electron chi connectivity index (χ4n) is 2.67. The van der Waals surface area contributed by atoms with E-state index >= 15 is 0 Å². The van der Waals surface area contributed by atoms with Crippen molar-refractivity contribution in [3.8, 4) is 0 Å². The van der Waals surface area contributed by atoms with Crippen molar-refractivity contribution in [2.75, 3.05) is 7.05 Å². The van der Waals surface area contributed by atoms with E-state index in [4.69, 9.17) is 9.26 Å². The molecule has 2 aromatic heterocycles. The number of ether oxygens (including phenoxy) is 1. The molecule has 7 heteroatoms. The number of nitrogens with one attached hydrogen (secondary N) is 1. The van der Waals surface area contributed by atoms with Crippen LogP contribution in [-0.2, 0) is 17.7 Å². The number of aromatic amines is 1. The minimum absolute atomic E-state index is 0.0707. The van der Waals surface area contributed by atoms with Gasteiger partial charge in [0.15, 0.2) is 5.69 Å². The average molecular weight is 290 g/mol. The third kappa shape index (κ3) is 2.56. The molecule has 0 aromatic carbocycles. The van der Waals surface area contributed by atoms with Crippen LogP contribution in [0, 0.1) is 0 Å². The van der Waals surface area contributed by atoms with Gasteiger partial charge in [0.2, 0.25) is 0 Å². The van der Waals surface area contributed by atoms with E-state index < -0.39 is 0 Å². The molecule has 112 valence electrons. The molecule has 21 heavy (non-hydrogen) atoms. The van der Waals surface area contributed by atoms with Gasteiger partial charge in [-0.15, -0.1) is 0 Å². The summed E-state index contributed by atoms with van der Waals surface area (Å²) in [6.45, 7) is 4.35. The summed E-state index contributed by atoms with van der Waals surface area (Å²) in [6.07, 6.45) is 2.19. The third-order valence-electron chi connectivity index (χ3n) is 3.67. The molecule has 0 fully saturated rings. The lowest BCUT2D eigenvalue weighted by Gasteiger charge is -2.25. The van der Waals surface area contributed by atoms with Crippen molar-refractivity contribution < 1.29 is 14.1 Å². The Balaban J connectivity index is 1.82. The number of rotatable bonds is 3. The van der Waals surface area contributed by atoms with Gasteiger partial charge in [0.25, 0.3) is 5.91 Å². The second-order valence-corrected chi connectivity index (χ2v) is 5.41. The van der Waals surface area contributed by atoms with Crippen LogP contribution in [-0.4, -0.2) is 39.3 Å². The summed E-state index contributed by atoms with van der Waals surface area (Å²) >= 11 is 0. The number of aromatic nitrogens is 3. The van der Waals surface area contributed by atoms with Crippen LogP contribution in [0.25, 0.3) is 0 Å². The lowest BCUT2D eigenvalue weighted by molar-refractivity contribution is -0.00701. The number of nitrogens with zero attached hydrogens (tertiary/aromatic N) is 3. The second kappa shape index (κ2) is 5.33. The predicted molar refractivity (Wildman–Crippen MR) is 73.6 cm³/mol. The zero-order valence-electron chi connectivity index (χ0n) is 12.3. The summed E-state index contributed by atoms with van der Waals surface area (Å²) in [5, 5.41) is 10.9. The van der Waals surface area contributed by atoms with Gasteiger partial charge in [0, 0.05) is 25.1 Å². The Morgan fingerprint density at radius 2 is 2.33 bits per heavy atom. The van der Waals surface area contributed by atoms with Crippen molar-refractivity contribution in [2.24, 2.45) is 0 Å². The van der Waals surface area contributed by atoms with Crippen molar-refractivity contribution in [1.82, 2.24) is 20.3 Å². The van der Waals surface area contributed by atoms with Crippen LogP contribution in [0.4, 0.5) is 0 Å². The Hall–Kier alpha value is -2.15. The highest BCUT2D eigenvalue weighted by Crippen LogP contribution is 2.30. The Morgan fingerprint density at radius 1 is 1.52 bits per heavy atom. The summed E-state index contributed by atoms with van der Waals surface area (Å²) < 4.78 is 10.5. The maximum atomic E-state index is 12.6. The quantitative estimate of drug-likeness (QED) is 0.930. The van der Waals surface area contributed by atoms with Gasteiger partial charge in [-0.2, -0.15) is 5.10 Å². The Bertz CT molecular complexity index is 635. The first-order valence-electron chi connectivity index (χ1n) is 6.93. The highest BCUT2D eigenvalue weighted by atomic mass is 16.5. The molecule has 1 amide bonds. The van der Waals surface area contributed by atoms with E-state index in [0.29, 0.717) is 24.4 Å². The van der Waals surface area contributed by atoms with Crippen molar-refractivity contribution in [1.29, 1.82) is 0 Å². The van der Waals surface area contributed by atoms with Crippen LogP contribution in [0.1, 0.15) is 47.4 Å². The maximum Gasteiger partial charge on any atom is 0.274 e. The van der Waals surface area contributed by atoms with Gasteiger partial charge in [-0.3, -0.25) is 9.89 Å². The van der Waals surface area contributed by atoms with E-state index in [-0.39, 0.29) is 18.1 Å². The summed E-state index contributed by atoms with van der Waals surface area (Å²) in [4.78, 5) is 14.1. The third-order valence-corrected chi connectivity index (χ3v) is 3.67. The highest BCUT2D eigenvalue weighted by molar-refractivity contribution is 5.93. The molecule has 2 aromatic rings. The largest absolute Gasteiger partial charge is 0.369 e. The minimum Gasteiger partial charge on any atom is -0.369 e. The van der Waals surface area contributed by atoms with Gasteiger partial charge in [0.05, 0.1) is 24.4 Å². The number of H-pyrrole nitrogens is 1. The molecule has 0 saturated carbocycles. The van der Waals surface area contributed by atoms with Crippen LogP contribution in [0.2, 0.25) is 0 Å². The predicted octanol–water partition coefficient (Wildman–Crippen LogP) is 1.69. The minimum atomic E-state index is -0.128. The van der Waals surface area contributed by atoms with Crippen LogP contribution < -0.4 is 0 Å². The smallest absolute Gasteiger partial charge is 0.274 e. The molecule has 2 atom stereocenters. The first-order valence-corrected chi connectivity index (χ1v) is 6.93. The van der Waals surface area contributed by atoms with Gasteiger partial charge in [0.1, 0.15) is 12.0 Å². The van der Waals surface area contributed by atoms with Crippen molar-refractivity contribution in [3.05, 3.63) is 35.0 Å². The van der Waals surface area contributed by atoms with Crippen LogP contribution in [0.3, 0.4) is 0 Å². The Morgan fingerprint density at radius 3 is 3.05 bits per heavy atom. The van der Waals surface area contributed by atoms with E-state index in [9.17, 15) is 4.79 Å². The lowest BCUT2D eigenvalue weighted by Crippen LogP contribution is -2.29. The van der Waals surface area contributed by atoms with Gasteiger partial charge in [-0.05, 0) is 13.8 Å². The van der Waals surface area contributed by atoms with Gasteiger partial charge < -0.3 is 14.2 Å². The number of amides is 1. The molecule has 1 aliphatic heterocycles. The maximum absolute atomic E-state index is 12.6. The molecule has 0 unspecified atom stereocenters. The summed E-state index contributed by atoms with van der Waals surface area (Å²) in [7, 11) is 1.73. The molecule has 3 heterocycles. The number of carbonyl (C=O) groups excluding carboxylic acids is 1. The summed E-state index contributed by atoms with van der Waals surface area (Å²) in [6, 6.07) is 1.74. The van der Waals surface area contributed by atoms with Crippen molar-refractivity contribution in [2.45, 2.75) is 39.0 Å². The molecule has 0 bridgehead atoms. The van der Waals surface area contributed by atoms with E-state index in [2.05, 4.69) is 15.4 Å². The zero-order chi connectivity index (χ0) is 15.0. The molecule has 0 saturated heterocycles. The summed E-state index contributed by atoms with van der Waals surface area (Å²) in [5.41, 5.74) is 3.03. The number of fused-ring (bicyclic) bond motifs is 1. The standard InChI is InChI=1S/C14H18N4O3/c1-8-6-11-12(9(2)21-8)15-16-13(11)14(19)18(3)7-10-4-5-20-17-10/h4-5,8-9H,6-7H2,1-3H3,(H,15,16)/t8-,9+/m1/s1. The van der Waals surface area contributed by atoms with Crippen LogP contribution >= 0.6 is 0 Å². The Labute approximate surface area is 122 Å². The summed E-state index contributed by atoms with van der Waals surface area (Å²) in [5.74, 6) is -0.128. The van der Waals surface area contributed by atoms with E-state index in [0.717, 1.165) is 11.3 Å². The van der Waals surface area contributed by atoms with Crippen molar-refractivity contribution >= 4 is 5.91 Å². The number of hydrogen-bond donors (Lipinski definition) is 1. The van der Waals surface area contributed by atoms with E-state index in [1.54, 1.807) is 18.0 Å². The van der Waals surface area contributed by atoms with E-state index in [1.165, 1.54) is 6.26 Å². The molecule has 7 nitrogen and oxygen atoms in total. The first kappa shape index (κ1) is 13.8. The first-order chi connectivity index (χ1) is 10.1. The molecular formula is C14H18N4O3. The van der Waals surface area contributed by atoms with Crippen LogP contribution in [0.5, 0.6) is 0 Å². The number of hydrogen-bond acceptors (Lipinski definition) is 5. The fourth-order valence-corrected chi connectivity index (χ4v) is 2.67. The fraction of sp³-hybridized carbons (Fsp3) is 0.500. The molecule has 3 rings (SSSR count). The van der Waals surface area contributed by atoms with Gasteiger partial charge in [-0.1, -0.05) is 5.16 Å². The van der Waals surface area contributed by atoms with Gasteiger partial charge in [-0.25, -0.2) is 0 Å². The molecule has 0 radical (unpaired) electrons. The molecule has 1 aliphatic rings. The molecule has 0 spiro atoms. The highest BCUT2D eigenvalue weighted by Gasteiger charge is 2.30. The second-order valence-electron chi connectivity index (χ2n) is 5.41. The monoisotopic (exact) mass is 290 g/mol. The number of carbonyl (C=O) groups is 1. The Kier molecular flexibility index (Phi) is 3.50. The molecular weight excluding hydrogens is 272 g/mol. The molecule has 0 aliphatic carbocycles. The normalized spacial score (nSPS) is 21.1. The van der Waals surface area contributed by atoms with Gasteiger partial charge >= 0.3 is 0 Å². The van der Waals surface area contributed by atoms with E-state index in [1.807, 2.05) is 13.8 Å². The zero-order valence-corrected chi connectivity index (χ0v) is 12.3. The molecule has 1 N–H and O–H groups in total. The average Bonchev–Trinajstić information content (AvgIpc) is 3.07. The SMILES string of the molecule is C[C@@H]1Cc2c(C(=O)N(C)Cc3ccon3)n[nH]c2[C@H](C)O1. The van der Waals surface area contributed by atoms with Crippen molar-refractivity contribution in [3.63, 3.8) is 0 Å².